The van der Waals surface area contributed by atoms with Gasteiger partial charge in [0.05, 0.1) is 12.7 Å². The smallest absolute Gasteiger partial charge is 0.341 e. The van der Waals surface area contributed by atoms with Gasteiger partial charge in [-0.15, -0.1) is 11.3 Å². The van der Waals surface area contributed by atoms with Crippen molar-refractivity contribution >= 4 is 44.9 Å². The molecule has 0 aliphatic carbocycles. The predicted octanol–water partition coefficient (Wildman–Crippen LogP) is 4.48. The van der Waals surface area contributed by atoms with E-state index in [9.17, 15) is 9.59 Å². The molecule has 0 fully saturated rings. The van der Waals surface area contributed by atoms with E-state index in [1.54, 1.807) is 6.07 Å². The zero-order valence-corrected chi connectivity index (χ0v) is 18.5. The number of thiophene rings is 1. The molecule has 0 aliphatic rings. The van der Waals surface area contributed by atoms with E-state index < -0.39 is 11.9 Å². The highest BCUT2D eigenvalue weighted by atomic mass is 32.1. The summed E-state index contributed by atoms with van der Waals surface area (Å²) in [5.41, 5.74) is 2.50. The molecule has 2 aromatic heterocycles. The molecule has 2 heterocycles. The Balaban J connectivity index is 1.97. The topological polar surface area (TPSA) is 95.6 Å². The van der Waals surface area contributed by atoms with E-state index in [1.807, 2.05) is 32.0 Å². The van der Waals surface area contributed by atoms with Gasteiger partial charge < -0.3 is 19.4 Å². The lowest BCUT2D eigenvalue weighted by atomic mass is 10.1. The molecule has 0 saturated carbocycles. The van der Waals surface area contributed by atoms with Crippen molar-refractivity contribution in [1.29, 1.82) is 5.41 Å². The first-order chi connectivity index (χ1) is 14.3. The van der Waals surface area contributed by atoms with Crippen LogP contribution in [-0.2, 0) is 4.74 Å². The summed E-state index contributed by atoms with van der Waals surface area (Å²) >= 11 is 1.30. The van der Waals surface area contributed by atoms with Gasteiger partial charge in [0.25, 0.3) is 5.91 Å². The fraction of sp³-hybridized carbons (Fsp3) is 0.318. The number of nitrogens with one attached hydrogen (secondary N) is 2. The number of anilines is 2. The number of carbonyl (C=O) groups is 2. The monoisotopic (exact) mass is 427 g/mol. The zero-order valence-electron chi connectivity index (χ0n) is 17.7. The maximum Gasteiger partial charge on any atom is 0.341 e. The van der Waals surface area contributed by atoms with Crippen LogP contribution in [0.5, 0.6) is 0 Å². The fourth-order valence-corrected chi connectivity index (χ4v) is 4.35. The predicted molar refractivity (Wildman–Crippen MR) is 119 cm³/mol. The van der Waals surface area contributed by atoms with Crippen LogP contribution in [0.25, 0.3) is 11.0 Å². The molecular weight excluding hydrogens is 402 g/mol. The van der Waals surface area contributed by atoms with E-state index in [-0.39, 0.29) is 11.1 Å². The number of rotatable bonds is 6. The quantitative estimate of drug-likeness (QED) is 0.566. The number of hydrogen-bond acceptors (Lipinski definition) is 7. The molecule has 0 aliphatic heterocycles. The van der Waals surface area contributed by atoms with Gasteiger partial charge in [-0.05, 0) is 51.5 Å². The molecule has 0 saturated heterocycles. The minimum atomic E-state index is -0.509. The maximum absolute atomic E-state index is 12.9. The van der Waals surface area contributed by atoms with Crippen molar-refractivity contribution in [3.63, 3.8) is 0 Å². The third-order valence-corrected chi connectivity index (χ3v) is 6.25. The van der Waals surface area contributed by atoms with Gasteiger partial charge in [-0.2, -0.15) is 0 Å². The van der Waals surface area contributed by atoms with Gasteiger partial charge in [0.15, 0.2) is 0 Å². The Kier molecular flexibility index (Phi) is 6.26. The van der Waals surface area contributed by atoms with Crippen molar-refractivity contribution in [2.45, 2.75) is 27.7 Å². The van der Waals surface area contributed by atoms with Crippen LogP contribution in [0.15, 0.2) is 28.7 Å². The summed E-state index contributed by atoms with van der Waals surface area (Å²) in [6, 6.07) is 7.36. The van der Waals surface area contributed by atoms with Crippen LogP contribution < -0.4 is 15.8 Å². The van der Waals surface area contributed by atoms with E-state index in [0.29, 0.717) is 16.1 Å². The fourth-order valence-electron chi connectivity index (χ4n) is 3.30. The third kappa shape index (κ3) is 3.95. The van der Waals surface area contributed by atoms with Gasteiger partial charge in [-0.3, -0.25) is 10.2 Å². The van der Waals surface area contributed by atoms with E-state index in [0.717, 1.165) is 34.6 Å². The highest BCUT2D eigenvalue weighted by Gasteiger charge is 2.23. The summed E-state index contributed by atoms with van der Waals surface area (Å²) in [6.07, 6.45) is 0. The first kappa shape index (κ1) is 21.6. The summed E-state index contributed by atoms with van der Waals surface area (Å²) in [5, 5.41) is 12.1. The van der Waals surface area contributed by atoms with Gasteiger partial charge in [0.2, 0.25) is 5.55 Å². The number of hydrogen-bond donors (Lipinski definition) is 2. The molecular formula is C22H25N3O4S. The van der Waals surface area contributed by atoms with Crippen LogP contribution in [0.1, 0.15) is 45.0 Å². The van der Waals surface area contributed by atoms with Gasteiger partial charge in [0.1, 0.15) is 16.1 Å². The zero-order chi connectivity index (χ0) is 22.0. The largest absolute Gasteiger partial charge is 0.465 e. The number of fused-ring (bicyclic) bond motifs is 1. The van der Waals surface area contributed by atoms with Crippen molar-refractivity contribution < 1.29 is 18.7 Å². The summed E-state index contributed by atoms with van der Waals surface area (Å²) in [6.45, 7) is 9.55. The molecule has 7 nitrogen and oxygen atoms in total. The van der Waals surface area contributed by atoms with Crippen LogP contribution in [0.3, 0.4) is 0 Å². The highest BCUT2D eigenvalue weighted by Crippen LogP contribution is 2.33. The molecule has 8 heteroatoms. The molecule has 3 rings (SSSR count). The lowest BCUT2D eigenvalue weighted by Gasteiger charge is -2.21. The standard InChI is InChI=1S/C22H25N3O4S/c1-6-25(7-2)15-9-8-14-10-16(19(23)29-17(14)11-15)20(26)24-21-18(22(27)28-5)12(3)13(4)30-21/h8-11,23H,6-7H2,1-5H3,(H,24,26). The SMILES string of the molecule is CCN(CC)c1ccc2cc(C(=O)Nc3sc(C)c(C)c3C(=O)OC)c(=N)oc2c1. The number of methoxy groups -OCH3 is 1. The Morgan fingerprint density at radius 2 is 1.90 bits per heavy atom. The number of benzene rings is 1. The highest BCUT2D eigenvalue weighted by molar-refractivity contribution is 7.16. The molecule has 0 unspecified atom stereocenters. The lowest BCUT2D eigenvalue weighted by molar-refractivity contribution is 0.0601. The van der Waals surface area contributed by atoms with Crippen molar-refractivity contribution in [1.82, 2.24) is 0 Å². The van der Waals surface area contributed by atoms with Gasteiger partial charge >= 0.3 is 5.97 Å². The summed E-state index contributed by atoms with van der Waals surface area (Å²) in [5.74, 6) is -1.02. The van der Waals surface area contributed by atoms with E-state index in [4.69, 9.17) is 14.6 Å². The molecule has 0 radical (unpaired) electrons. The Morgan fingerprint density at radius 3 is 2.53 bits per heavy atom. The number of aryl methyl sites for hydroxylation is 1. The lowest BCUT2D eigenvalue weighted by Crippen LogP contribution is -2.22. The normalized spacial score (nSPS) is 10.8. The molecule has 1 amide bonds. The minimum Gasteiger partial charge on any atom is -0.465 e. The number of carbonyl (C=O) groups excluding carboxylic acids is 2. The van der Waals surface area contributed by atoms with E-state index in [2.05, 4.69) is 24.1 Å². The first-order valence-corrected chi connectivity index (χ1v) is 10.5. The Hall–Kier alpha value is -3.13. The third-order valence-electron chi connectivity index (χ3n) is 5.13. The molecule has 0 atom stereocenters. The summed E-state index contributed by atoms with van der Waals surface area (Å²) < 4.78 is 10.5. The summed E-state index contributed by atoms with van der Waals surface area (Å²) in [7, 11) is 1.30. The Labute approximate surface area is 178 Å². The molecule has 3 aromatic rings. The van der Waals surface area contributed by atoms with Gasteiger partial charge in [0, 0.05) is 35.1 Å². The van der Waals surface area contributed by atoms with Crippen molar-refractivity contribution in [3.8, 4) is 0 Å². The van der Waals surface area contributed by atoms with Crippen LogP contribution >= 0.6 is 11.3 Å². The van der Waals surface area contributed by atoms with Crippen LogP contribution in [0.2, 0.25) is 0 Å². The van der Waals surface area contributed by atoms with Crippen molar-refractivity contribution in [2.24, 2.45) is 0 Å². The molecule has 1 aromatic carbocycles. The van der Waals surface area contributed by atoms with Crippen LogP contribution in [0.4, 0.5) is 10.7 Å². The second kappa shape index (κ2) is 8.71. The molecule has 158 valence electrons. The van der Waals surface area contributed by atoms with E-state index in [1.165, 1.54) is 18.4 Å². The van der Waals surface area contributed by atoms with Crippen molar-refractivity contribution in [2.75, 3.05) is 30.4 Å². The number of esters is 1. The molecule has 2 N–H and O–H groups in total. The summed E-state index contributed by atoms with van der Waals surface area (Å²) in [4.78, 5) is 28.1. The van der Waals surface area contributed by atoms with Gasteiger partial charge in [-0.1, -0.05) is 0 Å². The average molecular weight is 428 g/mol. The number of nitrogens with zero attached hydrogens (tertiary/aromatic N) is 1. The Bertz CT molecular complexity index is 1180. The number of amides is 1. The molecule has 0 bridgehead atoms. The maximum atomic E-state index is 12.9. The minimum absolute atomic E-state index is 0.0950. The number of ether oxygens (including phenoxy) is 1. The average Bonchev–Trinajstić information content (AvgIpc) is 3.00. The second-order valence-corrected chi connectivity index (χ2v) is 8.04. The Morgan fingerprint density at radius 1 is 1.20 bits per heavy atom. The molecule has 0 spiro atoms. The van der Waals surface area contributed by atoms with Gasteiger partial charge in [-0.25, -0.2) is 4.79 Å². The van der Waals surface area contributed by atoms with Crippen LogP contribution in [0, 0.1) is 19.3 Å². The van der Waals surface area contributed by atoms with Crippen LogP contribution in [-0.4, -0.2) is 32.1 Å². The molecule has 30 heavy (non-hydrogen) atoms. The second-order valence-electron chi connectivity index (χ2n) is 6.82. The van der Waals surface area contributed by atoms with E-state index >= 15 is 0 Å². The first-order valence-electron chi connectivity index (χ1n) is 9.67. The van der Waals surface area contributed by atoms with Crippen molar-refractivity contribution in [3.05, 3.63) is 51.4 Å².